The van der Waals surface area contributed by atoms with Gasteiger partial charge in [0.15, 0.2) is 12.0 Å². The van der Waals surface area contributed by atoms with Crippen LogP contribution in [0.1, 0.15) is 24.2 Å². The lowest BCUT2D eigenvalue weighted by atomic mass is 10.1. The zero-order chi connectivity index (χ0) is 18.0. The monoisotopic (exact) mass is 350 g/mol. The summed E-state index contributed by atoms with van der Waals surface area (Å²) in [5.74, 6) is -1.56. The number of aliphatic hydroxyl groups is 1. The highest BCUT2D eigenvalue weighted by Crippen LogP contribution is 2.37. The Hall–Kier alpha value is -2.00. The van der Waals surface area contributed by atoms with Gasteiger partial charge in [0.05, 0.1) is 13.2 Å². The molecule has 0 radical (unpaired) electrons. The van der Waals surface area contributed by atoms with Crippen molar-refractivity contribution in [3.05, 3.63) is 35.9 Å². The first-order valence-electron chi connectivity index (χ1n) is 8.14. The van der Waals surface area contributed by atoms with Crippen molar-refractivity contribution in [1.29, 1.82) is 0 Å². The molecule has 0 saturated carbocycles. The number of hydrogen-bond acceptors (Lipinski definition) is 6. The Morgan fingerprint density at radius 3 is 2.52 bits per heavy atom. The van der Waals surface area contributed by atoms with Crippen LogP contribution in [0.2, 0.25) is 0 Å². The van der Waals surface area contributed by atoms with Gasteiger partial charge in [-0.05, 0) is 26.0 Å². The maximum atomic E-state index is 12.1. The van der Waals surface area contributed by atoms with E-state index in [0.29, 0.717) is 5.56 Å². The van der Waals surface area contributed by atoms with E-state index in [9.17, 15) is 14.7 Å². The zero-order valence-electron chi connectivity index (χ0n) is 14.1. The molecule has 0 aromatic heterocycles. The van der Waals surface area contributed by atoms with Crippen LogP contribution in [0, 0.1) is 0 Å². The Balaban J connectivity index is 1.53. The normalized spacial score (nSPS) is 29.9. The first kappa shape index (κ1) is 17.8. The van der Waals surface area contributed by atoms with Gasteiger partial charge < -0.3 is 30.0 Å². The summed E-state index contributed by atoms with van der Waals surface area (Å²) in [4.78, 5) is 24.1. The third kappa shape index (κ3) is 3.98. The maximum absolute atomic E-state index is 12.1. The summed E-state index contributed by atoms with van der Waals surface area (Å²) >= 11 is 0. The van der Waals surface area contributed by atoms with Crippen LogP contribution in [-0.2, 0) is 19.0 Å². The molecule has 2 saturated heterocycles. The van der Waals surface area contributed by atoms with E-state index < -0.39 is 36.2 Å². The number of amides is 2. The maximum Gasteiger partial charge on any atom is 0.251 e. The lowest BCUT2D eigenvalue weighted by molar-refractivity contribution is -0.194. The number of carbonyl (C=O) groups is 2. The summed E-state index contributed by atoms with van der Waals surface area (Å²) in [6.07, 6.45) is -2.29. The summed E-state index contributed by atoms with van der Waals surface area (Å²) in [6.45, 7) is 3.09. The molecular weight excluding hydrogens is 328 g/mol. The second kappa shape index (κ2) is 7.09. The molecule has 8 nitrogen and oxygen atoms in total. The molecule has 2 amide bonds. The van der Waals surface area contributed by atoms with Gasteiger partial charge in [0.1, 0.15) is 18.3 Å². The molecule has 3 rings (SSSR count). The molecule has 1 aromatic carbocycles. The van der Waals surface area contributed by atoms with Crippen LogP contribution in [0.15, 0.2) is 30.3 Å². The molecule has 3 N–H and O–H groups in total. The number of nitrogens with one attached hydrogen (secondary N) is 2. The Labute approximate surface area is 145 Å². The van der Waals surface area contributed by atoms with E-state index >= 15 is 0 Å². The van der Waals surface area contributed by atoms with Crippen molar-refractivity contribution < 1.29 is 28.9 Å². The molecule has 0 spiro atoms. The van der Waals surface area contributed by atoms with Gasteiger partial charge in [-0.2, -0.15) is 0 Å². The minimum atomic E-state index is -0.808. The molecule has 2 aliphatic rings. The van der Waals surface area contributed by atoms with E-state index in [-0.39, 0.29) is 19.1 Å². The van der Waals surface area contributed by atoms with Gasteiger partial charge in [-0.25, -0.2) is 0 Å². The number of hydrogen-bond donors (Lipinski definition) is 3. The van der Waals surface area contributed by atoms with E-state index in [1.807, 2.05) is 0 Å². The zero-order valence-corrected chi connectivity index (χ0v) is 14.1. The number of ether oxygens (including phenoxy) is 3. The van der Waals surface area contributed by atoms with Gasteiger partial charge in [-0.1, -0.05) is 18.2 Å². The van der Waals surface area contributed by atoms with Gasteiger partial charge in [-0.15, -0.1) is 0 Å². The largest absolute Gasteiger partial charge is 0.394 e. The van der Waals surface area contributed by atoms with Gasteiger partial charge in [-0.3, -0.25) is 9.59 Å². The molecule has 1 aromatic rings. The van der Waals surface area contributed by atoms with Crippen LogP contribution in [0.5, 0.6) is 0 Å². The van der Waals surface area contributed by atoms with Crippen LogP contribution in [0.3, 0.4) is 0 Å². The Bertz CT molecular complexity index is 635. The first-order valence-corrected chi connectivity index (χ1v) is 8.14. The predicted octanol–water partition coefficient (Wildman–Crippen LogP) is -0.230. The summed E-state index contributed by atoms with van der Waals surface area (Å²) in [5.41, 5.74) is 0.474. The van der Waals surface area contributed by atoms with E-state index in [2.05, 4.69) is 10.6 Å². The molecule has 0 unspecified atom stereocenters. The highest BCUT2D eigenvalue weighted by atomic mass is 16.8. The van der Waals surface area contributed by atoms with Crippen molar-refractivity contribution in [2.75, 3.05) is 13.2 Å². The molecule has 4 atom stereocenters. The van der Waals surface area contributed by atoms with Crippen molar-refractivity contribution in [3.63, 3.8) is 0 Å². The molecule has 2 fully saturated rings. The summed E-state index contributed by atoms with van der Waals surface area (Å²) in [7, 11) is 0. The number of carbonyl (C=O) groups excluding carboxylic acids is 2. The third-order valence-corrected chi connectivity index (χ3v) is 4.08. The van der Waals surface area contributed by atoms with Crippen molar-refractivity contribution >= 4 is 11.8 Å². The SMILES string of the molecule is CC1(C)O[C@@H]2[C@@H](O1)[C@@H](CO)O[C@H]2NC(=O)CNC(=O)c1ccccc1. The molecule has 2 heterocycles. The highest BCUT2D eigenvalue weighted by molar-refractivity contribution is 5.96. The minimum Gasteiger partial charge on any atom is -0.394 e. The van der Waals surface area contributed by atoms with Gasteiger partial charge in [0.25, 0.3) is 5.91 Å². The number of benzene rings is 1. The molecule has 136 valence electrons. The average molecular weight is 350 g/mol. The predicted molar refractivity (Wildman–Crippen MR) is 86.5 cm³/mol. The van der Waals surface area contributed by atoms with Crippen molar-refractivity contribution in [3.8, 4) is 0 Å². The van der Waals surface area contributed by atoms with Gasteiger partial charge in [0, 0.05) is 5.56 Å². The van der Waals surface area contributed by atoms with Crippen LogP contribution in [0.25, 0.3) is 0 Å². The fourth-order valence-corrected chi connectivity index (χ4v) is 3.01. The second-order valence-electron chi connectivity index (χ2n) is 6.46. The van der Waals surface area contributed by atoms with Crippen molar-refractivity contribution in [2.24, 2.45) is 0 Å². The number of aliphatic hydroxyl groups excluding tert-OH is 1. The second-order valence-corrected chi connectivity index (χ2v) is 6.46. The first-order chi connectivity index (χ1) is 11.9. The average Bonchev–Trinajstić information content (AvgIpc) is 3.07. The van der Waals surface area contributed by atoms with Gasteiger partial charge >= 0.3 is 0 Å². The Morgan fingerprint density at radius 2 is 1.84 bits per heavy atom. The summed E-state index contributed by atoms with van der Waals surface area (Å²) in [6, 6.07) is 8.62. The smallest absolute Gasteiger partial charge is 0.251 e. The van der Waals surface area contributed by atoms with Crippen LogP contribution < -0.4 is 10.6 Å². The van der Waals surface area contributed by atoms with Crippen LogP contribution >= 0.6 is 0 Å². The number of fused-ring (bicyclic) bond motifs is 1. The molecule has 2 aliphatic heterocycles. The Morgan fingerprint density at radius 1 is 1.16 bits per heavy atom. The molecule has 25 heavy (non-hydrogen) atoms. The fraction of sp³-hybridized carbons (Fsp3) is 0.529. The third-order valence-electron chi connectivity index (χ3n) is 4.08. The minimum absolute atomic E-state index is 0.195. The van der Waals surface area contributed by atoms with Crippen LogP contribution in [-0.4, -0.2) is 60.4 Å². The topological polar surface area (TPSA) is 106 Å². The van der Waals surface area contributed by atoms with E-state index in [1.54, 1.807) is 44.2 Å². The molecular formula is C17H22N2O6. The lowest BCUT2D eigenvalue weighted by Gasteiger charge is -2.24. The quantitative estimate of drug-likeness (QED) is 0.677. The molecule has 0 bridgehead atoms. The van der Waals surface area contributed by atoms with Crippen molar-refractivity contribution in [1.82, 2.24) is 10.6 Å². The molecule has 8 heteroatoms. The van der Waals surface area contributed by atoms with E-state index in [0.717, 1.165) is 0 Å². The van der Waals surface area contributed by atoms with E-state index in [1.165, 1.54) is 0 Å². The summed E-state index contributed by atoms with van der Waals surface area (Å²) in [5, 5.41) is 14.6. The lowest BCUT2D eigenvalue weighted by Crippen LogP contribution is -2.47. The van der Waals surface area contributed by atoms with Crippen molar-refractivity contribution in [2.45, 2.75) is 44.2 Å². The Kier molecular flexibility index (Phi) is 5.05. The van der Waals surface area contributed by atoms with E-state index in [4.69, 9.17) is 14.2 Å². The summed E-state index contributed by atoms with van der Waals surface area (Å²) < 4.78 is 17.1. The highest BCUT2D eigenvalue weighted by Gasteiger charge is 2.55. The number of rotatable bonds is 5. The van der Waals surface area contributed by atoms with Gasteiger partial charge in [0.2, 0.25) is 5.91 Å². The van der Waals surface area contributed by atoms with Crippen LogP contribution in [0.4, 0.5) is 0 Å². The fourth-order valence-electron chi connectivity index (χ4n) is 3.01. The standard InChI is InChI=1S/C17H22N2O6/c1-17(2)24-13-11(9-20)23-16(14(13)25-17)19-12(21)8-18-15(22)10-6-4-3-5-7-10/h3-7,11,13-14,16,20H,8-9H2,1-2H3,(H,18,22)(H,19,21)/t11-,13+,14-,16-/m1/s1. The molecule has 0 aliphatic carbocycles.